The summed E-state index contributed by atoms with van der Waals surface area (Å²) in [6.07, 6.45) is 0.274. The van der Waals surface area contributed by atoms with Crippen molar-refractivity contribution >= 4 is 17.7 Å². The van der Waals surface area contributed by atoms with E-state index in [4.69, 9.17) is 15.2 Å². The summed E-state index contributed by atoms with van der Waals surface area (Å²) in [5.74, 6) is 0.197. The molecule has 0 bridgehead atoms. The van der Waals surface area contributed by atoms with Crippen molar-refractivity contribution in [1.29, 1.82) is 0 Å². The standard InChI is InChI=1S/C26H29N3O4.C2H6/c1-2-32-25(30)24(29-26(31)28-17-19-11-13-22(27)14-12-19)16-21-9-6-10-23(15-21)33-18-20-7-4-3-5-8-20;1-2/h3-15,24H,2,16-18,27H2,1H3,(H2,28,29,31);1-2H3. The third-order valence-corrected chi connectivity index (χ3v) is 4.90. The van der Waals surface area contributed by atoms with Crippen molar-refractivity contribution in [3.8, 4) is 5.75 Å². The van der Waals surface area contributed by atoms with Gasteiger partial charge in [0.1, 0.15) is 18.4 Å². The van der Waals surface area contributed by atoms with Crippen molar-refractivity contribution in [3.63, 3.8) is 0 Å². The van der Waals surface area contributed by atoms with Gasteiger partial charge in [-0.15, -0.1) is 0 Å². The fourth-order valence-electron chi connectivity index (χ4n) is 3.20. The van der Waals surface area contributed by atoms with E-state index in [0.29, 0.717) is 24.6 Å². The number of rotatable bonds is 10. The van der Waals surface area contributed by atoms with Gasteiger partial charge < -0.3 is 25.8 Å². The van der Waals surface area contributed by atoms with Crippen LogP contribution < -0.4 is 21.1 Å². The predicted octanol–water partition coefficient (Wildman–Crippen LogP) is 4.85. The monoisotopic (exact) mass is 477 g/mol. The van der Waals surface area contributed by atoms with Gasteiger partial charge in [0.25, 0.3) is 0 Å². The first-order valence-electron chi connectivity index (χ1n) is 11.8. The van der Waals surface area contributed by atoms with E-state index in [1.807, 2.05) is 80.6 Å². The maximum atomic E-state index is 12.5. The zero-order chi connectivity index (χ0) is 25.5. The Bertz CT molecular complexity index is 1040. The number of benzene rings is 3. The highest BCUT2D eigenvalue weighted by atomic mass is 16.5. The molecule has 0 radical (unpaired) electrons. The Morgan fingerprint density at radius 3 is 2.26 bits per heavy atom. The molecule has 0 saturated carbocycles. The summed E-state index contributed by atoms with van der Waals surface area (Å²) >= 11 is 0. The topological polar surface area (TPSA) is 103 Å². The molecular formula is C28H35N3O4. The van der Waals surface area contributed by atoms with E-state index < -0.39 is 18.0 Å². The van der Waals surface area contributed by atoms with Crippen LogP contribution in [-0.2, 0) is 29.1 Å². The number of esters is 1. The van der Waals surface area contributed by atoms with E-state index in [1.165, 1.54) is 0 Å². The number of hydrogen-bond donors (Lipinski definition) is 3. The first-order valence-corrected chi connectivity index (χ1v) is 11.8. The van der Waals surface area contributed by atoms with Gasteiger partial charge >= 0.3 is 12.0 Å². The van der Waals surface area contributed by atoms with Crippen LogP contribution in [-0.4, -0.2) is 24.6 Å². The lowest BCUT2D eigenvalue weighted by Crippen LogP contribution is -2.47. The second kappa shape index (κ2) is 15.0. The number of carbonyl (C=O) groups is 2. The molecule has 35 heavy (non-hydrogen) atoms. The molecule has 1 atom stereocenters. The Morgan fingerprint density at radius 2 is 1.57 bits per heavy atom. The summed E-state index contributed by atoms with van der Waals surface area (Å²) < 4.78 is 11.0. The summed E-state index contributed by atoms with van der Waals surface area (Å²) in [7, 11) is 0. The third-order valence-electron chi connectivity index (χ3n) is 4.90. The number of amides is 2. The number of nitrogen functional groups attached to an aromatic ring is 1. The smallest absolute Gasteiger partial charge is 0.329 e. The first kappa shape index (κ1) is 27.2. The highest BCUT2D eigenvalue weighted by Crippen LogP contribution is 2.17. The maximum Gasteiger partial charge on any atom is 0.329 e. The Kier molecular flexibility index (Phi) is 11.7. The molecule has 0 saturated heterocycles. The molecule has 0 aliphatic rings. The fourth-order valence-corrected chi connectivity index (χ4v) is 3.20. The molecule has 3 rings (SSSR count). The SMILES string of the molecule is CC.CCOC(=O)C(Cc1cccc(OCc2ccccc2)c1)NC(=O)NCc1ccc(N)cc1. The number of urea groups is 1. The second-order valence-electron chi connectivity index (χ2n) is 7.50. The van der Waals surface area contributed by atoms with Crippen LogP contribution in [0, 0.1) is 0 Å². The average molecular weight is 478 g/mol. The minimum absolute atomic E-state index is 0.226. The molecule has 7 heteroatoms. The van der Waals surface area contributed by atoms with Crippen LogP contribution in [0.2, 0.25) is 0 Å². The lowest BCUT2D eigenvalue weighted by Gasteiger charge is -2.18. The Labute approximate surface area is 207 Å². The number of carbonyl (C=O) groups excluding carboxylic acids is 2. The molecule has 3 aromatic carbocycles. The van der Waals surface area contributed by atoms with E-state index in [2.05, 4.69) is 10.6 Å². The molecule has 4 N–H and O–H groups in total. The molecule has 1 unspecified atom stereocenters. The zero-order valence-corrected chi connectivity index (χ0v) is 20.6. The zero-order valence-electron chi connectivity index (χ0n) is 20.6. The molecule has 0 aromatic heterocycles. The van der Waals surface area contributed by atoms with Crippen LogP contribution in [0.3, 0.4) is 0 Å². The average Bonchev–Trinajstić information content (AvgIpc) is 2.89. The van der Waals surface area contributed by atoms with Crippen molar-refractivity contribution in [2.45, 2.75) is 46.4 Å². The summed E-state index contributed by atoms with van der Waals surface area (Å²) in [6, 6.07) is 23.2. The van der Waals surface area contributed by atoms with E-state index in [1.54, 1.807) is 19.1 Å². The van der Waals surface area contributed by atoms with Gasteiger partial charge in [0.15, 0.2) is 0 Å². The van der Waals surface area contributed by atoms with Crippen molar-refractivity contribution in [3.05, 3.63) is 95.6 Å². The molecule has 0 spiro atoms. The molecule has 0 aliphatic heterocycles. The van der Waals surface area contributed by atoms with Crippen LogP contribution in [0.25, 0.3) is 0 Å². The molecule has 0 aliphatic carbocycles. The van der Waals surface area contributed by atoms with Crippen molar-refractivity contribution in [1.82, 2.24) is 10.6 Å². The second-order valence-corrected chi connectivity index (χ2v) is 7.50. The van der Waals surface area contributed by atoms with Gasteiger partial charge in [-0.3, -0.25) is 0 Å². The Hall–Kier alpha value is -4.00. The van der Waals surface area contributed by atoms with Gasteiger partial charge in [0, 0.05) is 18.7 Å². The van der Waals surface area contributed by atoms with Crippen molar-refractivity contribution in [2.24, 2.45) is 0 Å². The molecule has 0 fully saturated rings. The third kappa shape index (κ3) is 9.80. The van der Waals surface area contributed by atoms with Crippen molar-refractivity contribution < 1.29 is 19.1 Å². The first-order chi connectivity index (χ1) is 17.0. The Balaban J connectivity index is 0.00000210. The number of nitrogens with one attached hydrogen (secondary N) is 2. The molecule has 7 nitrogen and oxygen atoms in total. The summed E-state index contributed by atoms with van der Waals surface area (Å²) in [6.45, 7) is 6.71. The molecule has 0 heterocycles. The van der Waals surface area contributed by atoms with Crippen LogP contribution in [0.5, 0.6) is 5.75 Å². The summed E-state index contributed by atoms with van der Waals surface area (Å²) in [4.78, 5) is 24.9. The highest BCUT2D eigenvalue weighted by Gasteiger charge is 2.22. The molecule has 186 valence electrons. The largest absolute Gasteiger partial charge is 0.489 e. The minimum Gasteiger partial charge on any atom is -0.489 e. The number of ether oxygens (including phenoxy) is 2. The normalized spacial score (nSPS) is 10.8. The van der Waals surface area contributed by atoms with Crippen LogP contribution in [0.15, 0.2) is 78.9 Å². The highest BCUT2D eigenvalue weighted by molar-refractivity contribution is 5.83. The van der Waals surface area contributed by atoms with E-state index >= 15 is 0 Å². The van der Waals surface area contributed by atoms with Gasteiger partial charge in [-0.2, -0.15) is 0 Å². The maximum absolute atomic E-state index is 12.5. The van der Waals surface area contributed by atoms with Crippen molar-refractivity contribution in [2.75, 3.05) is 12.3 Å². The number of anilines is 1. The van der Waals surface area contributed by atoms with E-state index in [-0.39, 0.29) is 13.0 Å². The summed E-state index contributed by atoms with van der Waals surface area (Å²) in [5.41, 5.74) is 9.14. The number of hydrogen-bond acceptors (Lipinski definition) is 5. The minimum atomic E-state index is -0.833. The van der Waals surface area contributed by atoms with Gasteiger partial charge in [0.05, 0.1) is 6.61 Å². The van der Waals surface area contributed by atoms with Crippen LogP contribution >= 0.6 is 0 Å². The van der Waals surface area contributed by atoms with Gasteiger partial charge in [-0.1, -0.05) is 68.4 Å². The molecule has 3 aromatic rings. The van der Waals surface area contributed by atoms with Gasteiger partial charge in [-0.05, 0) is 47.9 Å². The number of nitrogens with two attached hydrogens (primary N) is 1. The lowest BCUT2D eigenvalue weighted by molar-refractivity contribution is -0.145. The predicted molar refractivity (Wildman–Crippen MR) is 139 cm³/mol. The Morgan fingerprint density at radius 1 is 0.886 bits per heavy atom. The quantitative estimate of drug-likeness (QED) is 0.286. The lowest BCUT2D eigenvalue weighted by atomic mass is 10.1. The fraction of sp³-hybridized carbons (Fsp3) is 0.286. The van der Waals surface area contributed by atoms with Crippen LogP contribution in [0.4, 0.5) is 10.5 Å². The van der Waals surface area contributed by atoms with Gasteiger partial charge in [-0.25, -0.2) is 9.59 Å². The van der Waals surface area contributed by atoms with E-state index in [9.17, 15) is 9.59 Å². The van der Waals surface area contributed by atoms with E-state index in [0.717, 1.165) is 16.7 Å². The van der Waals surface area contributed by atoms with Crippen LogP contribution in [0.1, 0.15) is 37.5 Å². The summed E-state index contributed by atoms with van der Waals surface area (Å²) in [5, 5.41) is 5.48. The molecule has 2 amide bonds. The van der Waals surface area contributed by atoms with Gasteiger partial charge in [0.2, 0.25) is 0 Å². The molecular weight excluding hydrogens is 442 g/mol.